The van der Waals surface area contributed by atoms with E-state index in [4.69, 9.17) is 4.74 Å². The summed E-state index contributed by atoms with van der Waals surface area (Å²) in [5.41, 5.74) is 5.52. The molecule has 0 heterocycles. The van der Waals surface area contributed by atoms with Crippen molar-refractivity contribution in [3.8, 4) is 5.75 Å². The zero-order valence-electron chi connectivity index (χ0n) is 14.0. The first-order chi connectivity index (χ1) is 11.5. The van der Waals surface area contributed by atoms with E-state index < -0.39 is 0 Å². The van der Waals surface area contributed by atoms with E-state index >= 15 is 0 Å². The minimum Gasteiger partial charge on any atom is -0.483 e. The highest BCUT2D eigenvalue weighted by molar-refractivity contribution is 9.10. The van der Waals surface area contributed by atoms with Crippen LogP contribution in [0.1, 0.15) is 25.0 Å². The highest BCUT2D eigenvalue weighted by atomic mass is 79.9. The molecule has 0 radical (unpaired) electrons. The van der Waals surface area contributed by atoms with Gasteiger partial charge in [-0.2, -0.15) is 5.10 Å². The molecule has 24 heavy (non-hydrogen) atoms. The van der Waals surface area contributed by atoms with E-state index in [0.717, 1.165) is 21.3 Å². The maximum absolute atomic E-state index is 12.0. The SMILES string of the molecule is Cc1ccc(OCC(=O)NN=C(c2ccccc2)C(C)C)c(Br)c1. The number of benzene rings is 2. The molecule has 0 saturated carbocycles. The third-order valence-corrected chi connectivity index (χ3v) is 3.98. The van der Waals surface area contributed by atoms with Crippen LogP contribution in [0.15, 0.2) is 58.1 Å². The molecule has 0 aliphatic rings. The van der Waals surface area contributed by atoms with Gasteiger partial charge in [-0.25, -0.2) is 5.43 Å². The maximum atomic E-state index is 12.0. The lowest BCUT2D eigenvalue weighted by Gasteiger charge is -2.11. The number of carbonyl (C=O) groups is 1. The Bertz CT molecular complexity index is 727. The average molecular weight is 389 g/mol. The number of hydrogen-bond acceptors (Lipinski definition) is 3. The molecular weight excluding hydrogens is 368 g/mol. The van der Waals surface area contributed by atoms with Crippen molar-refractivity contribution in [3.05, 3.63) is 64.1 Å². The normalized spacial score (nSPS) is 11.5. The number of amides is 1. The molecule has 0 aliphatic carbocycles. The van der Waals surface area contributed by atoms with Gasteiger partial charge in [0.25, 0.3) is 5.91 Å². The van der Waals surface area contributed by atoms with Gasteiger partial charge in [0.2, 0.25) is 0 Å². The number of carbonyl (C=O) groups excluding carboxylic acids is 1. The van der Waals surface area contributed by atoms with Crippen molar-refractivity contribution in [2.75, 3.05) is 6.61 Å². The minimum absolute atomic E-state index is 0.0919. The average Bonchev–Trinajstić information content (AvgIpc) is 2.55. The fourth-order valence-corrected chi connectivity index (χ4v) is 2.76. The second-order valence-corrected chi connectivity index (χ2v) is 6.63. The van der Waals surface area contributed by atoms with Gasteiger partial charge in [-0.15, -0.1) is 0 Å². The summed E-state index contributed by atoms with van der Waals surface area (Å²) in [7, 11) is 0. The van der Waals surface area contributed by atoms with Gasteiger partial charge in [0.15, 0.2) is 6.61 Å². The summed E-state index contributed by atoms with van der Waals surface area (Å²) < 4.78 is 6.35. The Morgan fingerprint density at radius 2 is 1.92 bits per heavy atom. The lowest BCUT2D eigenvalue weighted by Crippen LogP contribution is -2.27. The lowest BCUT2D eigenvalue weighted by molar-refractivity contribution is -0.123. The molecule has 4 nitrogen and oxygen atoms in total. The molecule has 0 bridgehead atoms. The minimum atomic E-state index is -0.295. The van der Waals surface area contributed by atoms with Crippen LogP contribution in [0, 0.1) is 12.8 Å². The molecule has 0 atom stereocenters. The number of nitrogens with zero attached hydrogens (tertiary/aromatic N) is 1. The number of aryl methyl sites for hydroxylation is 1. The van der Waals surface area contributed by atoms with Crippen LogP contribution in [0.4, 0.5) is 0 Å². The fourth-order valence-electron chi connectivity index (χ4n) is 2.16. The van der Waals surface area contributed by atoms with Crippen LogP contribution in [-0.4, -0.2) is 18.2 Å². The molecule has 0 aromatic heterocycles. The van der Waals surface area contributed by atoms with E-state index in [0.29, 0.717) is 5.75 Å². The molecule has 0 aliphatic heterocycles. The second-order valence-electron chi connectivity index (χ2n) is 5.78. The van der Waals surface area contributed by atoms with Crippen LogP contribution in [0.2, 0.25) is 0 Å². The van der Waals surface area contributed by atoms with E-state index in [-0.39, 0.29) is 18.4 Å². The van der Waals surface area contributed by atoms with Crippen LogP contribution in [-0.2, 0) is 4.79 Å². The Balaban J connectivity index is 1.98. The van der Waals surface area contributed by atoms with E-state index in [9.17, 15) is 4.79 Å². The Labute approximate surface area is 151 Å². The first kappa shape index (κ1) is 18.2. The molecule has 5 heteroatoms. The number of nitrogens with one attached hydrogen (secondary N) is 1. The van der Waals surface area contributed by atoms with E-state index in [2.05, 4.69) is 26.5 Å². The quantitative estimate of drug-likeness (QED) is 0.591. The molecule has 126 valence electrons. The molecule has 1 amide bonds. The van der Waals surface area contributed by atoms with Gasteiger partial charge < -0.3 is 4.74 Å². The first-order valence-electron chi connectivity index (χ1n) is 7.78. The summed E-state index contributed by atoms with van der Waals surface area (Å²) in [5.74, 6) is 0.531. The number of halogens is 1. The molecule has 0 saturated heterocycles. The zero-order valence-corrected chi connectivity index (χ0v) is 15.6. The van der Waals surface area contributed by atoms with Crippen molar-refractivity contribution in [1.82, 2.24) is 5.43 Å². The largest absolute Gasteiger partial charge is 0.483 e. The Morgan fingerprint density at radius 1 is 1.21 bits per heavy atom. The molecule has 1 N–H and O–H groups in total. The van der Waals surface area contributed by atoms with Gasteiger partial charge in [0.1, 0.15) is 5.75 Å². The van der Waals surface area contributed by atoms with Gasteiger partial charge in [0.05, 0.1) is 10.2 Å². The predicted octanol–water partition coefficient (Wildman–Crippen LogP) is 4.31. The molecular formula is C19H21BrN2O2. The van der Waals surface area contributed by atoms with E-state index in [1.807, 2.05) is 69.3 Å². The summed E-state index contributed by atoms with van der Waals surface area (Å²) in [6.07, 6.45) is 0. The van der Waals surface area contributed by atoms with E-state index in [1.54, 1.807) is 0 Å². The van der Waals surface area contributed by atoms with Gasteiger partial charge in [-0.1, -0.05) is 50.2 Å². The highest BCUT2D eigenvalue weighted by Crippen LogP contribution is 2.25. The van der Waals surface area contributed by atoms with Crippen molar-refractivity contribution in [2.24, 2.45) is 11.0 Å². The van der Waals surface area contributed by atoms with Crippen molar-refractivity contribution < 1.29 is 9.53 Å². The standard InChI is InChI=1S/C19H21BrN2O2/c1-13(2)19(15-7-5-4-6-8-15)22-21-18(23)12-24-17-10-9-14(3)11-16(17)20/h4-11,13H,12H2,1-3H3,(H,21,23). The van der Waals surface area contributed by atoms with E-state index in [1.165, 1.54) is 0 Å². The van der Waals surface area contributed by atoms with Crippen LogP contribution in [0.25, 0.3) is 0 Å². The molecule has 2 rings (SSSR count). The predicted molar refractivity (Wildman–Crippen MR) is 100 cm³/mol. The van der Waals surface area contributed by atoms with Crippen molar-refractivity contribution in [3.63, 3.8) is 0 Å². The molecule has 0 fully saturated rings. The third-order valence-electron chi connectivity index (χ3n) is 3.36. The molecule has 2 aromatic carbocycles. The summed E-state index contributed by atoms with van der Waals surface area (Å²) >= 11 is 3.42. The number of ether oxygens (including phenoxy) is 1. The smallest absolute Gasteiger partial charge is 0.277 e. The van der Waals surface area contributed by atoms with Crippen LogP contribution >= 0.6 is 15.9 Å². The Hall–Kier alpha value is -2.14. The number of rotatable bonds is 6. The van der Waals surface area contributed by atoms with Crippen molar-refractivity contribution in [2.45, 2.75) is 20.8 Å². The number of hydrazone groups is 1. The zero-order chi connectivity index (χ0) is 17.5. The summed E-state index contributed by atoms with van der Waals surface area (Å²) in [6.45, 7) is 5.98. The summed E-state index contributed by atoms with van der Waals surface area (Å²) in [6, 6.07) is 15.5. The van der Waals surface area contributed by atoms with Gasteiger partial charge >= 0.3 is 0 Å². The topological polar surface area (TPSA) is 50.7 Å². The van der Waals surface area contributed by atoms with Gasteiger partial charge in [0, 0.05) is 0 Å². The maximum Gasteiger partial charge on any atom is 0.277 e. The number of hydrogen-bond donors (Lipinski definition) is 1. The van der Waals surface area contributed by atoms with Crippen LogP contribution in [0.5, 0.6) is 5.75 Å². The second kappa shape index (κ2) is 8.64. The third kappa shape index (κ3) is 5.20. The van der Waals surface area contributed by atoms with Crippen molar-refractivity contribution in [1.29, 1.82) is 0 Å². The van der Waals surface area contributed by atoms with Crippen molar-refractivity contribution >= 4 is 27.5 Å². The highest BCUT2D eigenvalue weighted by Gasteiger charge is 2.10. The molecule has 0 spiro atoms. The fraction of sp³-hybridized carbons (Fsp3) is 0.263. The van der Waals surface area contributed by atoms with Gasteiger partial charge in [-0.3, -0.25) is 4.79 Å². The summed E-state index contributed by atoms with van der Waals surface area (Å²) in [4.78, 5) is 12.0. The van der Waals surface area contributed by atoms with Crippen LogP contribution in [0.3, 0.4) is 0 Å². The molecule has 2 aromatic rings. The monoisotopic (exact) mass is 388 g/mol. The Morgan fingerprint density at radius 3 is 2.54 bits per heavy atom. The lowest BCUT2D eigenvalue weighted by atomic mass is 10.0. The Kier molecular flexibility index (Phi) is 6.55. The van der Waals surface area contributed by atoms with Crippen LogP contribution < -0.4 is 10.2 Å². The van der Waals surface area contributed by atoms with Gasteiger partial charge in [-0.05, 0) is 52.0 Å². The first-order valence-corrected chi connectivity index (χ1v) is 8.57. The summed E-state index contributed by atoms with van der Waals surface area (Å²) in [5, 5.41) is 4.27. The molecule has 0 unspecified atom stereocenters.